The van der Waals surface area contributed by atoms with Crippen molar-refractivity contribution in [1.82, 2.24) is 9.80 Å². The molecule has 2 aliphatic rings. The number of carbonyl (C=O) groups is 2. The van der Waals surface area contributed by atoms with Crippen molar-refractivity contribution in [3.63, 3.8) is 0 Å². The number of likely N-dealkylation sites (tertiary alicyclic amines) is 2. The van der Waals surface area contributed by atoms with Gasteiger partial charge in [-0.05, 0) is 129 Å². The number of aromatic hydroxyl groups is 1. The van der Waals surface area contributed by atoms with Crippen molar-refractivity contribution in [3.05, 3.63) is 28.8 Å². The second-order valence-corrected chi connectivity index (χ2v) is 19.8. The second kappa shape index (κ2) is 13.8. The first kappa shape index (κ1) is 41.3. The fourth-order valence-electron chi connectivity index (χ4n) is 8.05. The summed E-state index contributed by atoms with van der Waals surface area (Å²) in [4.78, 5) is 34.7. The lowest BCUT2D eigenvalue weighted by Crippen LogP contribution is -2.65. The van der Waals surface area contributed by atoms with Gasteiger partial charge in [-0.15, -0.1) is 0 Å². The number of hydrogen-bond acceptors (Lipinski definition) is 7. The van der Waals surface area contributed by atoms with E-state index in [2.05, 4.69) is 134 Å². The Labute approximate surface area is 299 Å². The van der Waals surface area contributed by atoms with Crippen molar-refractivity contribution in [2.45, 2.75) is 200 Å². The molecular weight excluding hydrogens is 612 g/mol. The summed E-state index contributed by atoms with van der Waals surface area (Å²) in [5.41, 5.74) is -0.799. The Morgan fingerprint density at radius 1 is 0.776 bits per heavy atom. The van der Waals surface area contributed by atoms with Crippen molar-refractivity contribution < 1.29 is 24.2 Å². The lowest BCUT2D eigenvalue weighted by molar-refractivity contribution is -0.196. The number of carbonyl (C=O) groups excluding carboxylic acids is 2. The standard InChI is InChI=1S/C42H72N2O5/c1-18-19-22-42(34(46)48-31-20-23-38(8,9)43(16)40(31,12)13,35(47)49-32-21-24-39(10,11)44(17)41(32,14)15)27-28-25-29(36(2,3)4)26-30(33(28)45)37(5,6)7/h25-26,31-32,45H,18-24,27H2,1-17H3. The van der Waals surface area contributed by atoms with E-state index in [0.29, 0.717) is 24.8 Å². The number of phenols is 1. The normalized spacial score (nSPS) is 25.3. The van der Waals surface area contributed by atoms with Gasteiger partial charge in [0.15, 0.2) is 5.41 Å². The van der Waals surface area contributed by atoms with Gasteiger partial charge >= 0.3 is 11.9 Å². The Hall–Kier alpha value is -2.12. The fourth-order valence-corrected chi connectivity index (χ4v) is 8.05. The minimum Gasteiger partial charge on any atom is -0.507 e. The number of hydrogen-bond donors (Lipinski definition) is 1. The summed E-state index contributed by atoms with van der Waals surface area (Å²) in [6.07, 6.45) is 4.00. The summed E-state index contributed by atoms with van der Waals surface area (Å²) < 4.78 is 13.2. The Bertz CT molecular complexity index is 1300. The van der Waals surface area contributed by atoms with Crippen LogP contribution in [0.15, 0.2) is 12.1 Å². The van der Waals surface area contributed by atoms with Crippen LogP contribution < -0.4 is 0 Å². The maximum absolute atomic E-state index is 15.1. The van der Waals surface area contributed by atoms with Gasteiger partial charge in [0.25, 0.3) is 0 Å². The van der Waals surface area contributed by atoms with E-state index in [9.17, 15) is 5.11 Å². The Kier molecular flexibility index (Phi) is 11.6. The van der Waals surface area contributed by atoms with E-state index in [1.807, 2.05) is 6.07 Å². The highest BCUT2D eigenvalue weighted by molar-refractivity contribution is 6.00. The maximum Gasteiger partial charge on any atom is 0.324 e. The van der Waals surface area contributed by atoms with Crippen LogP contribution in [0.25, 0.3) is 0 Å². The molecule has 0 amide bonds. The number of esters is 2. The summed E-state index contributed by atoms with van der Waals surface area (Å²) in [5.74, 6) is -0.949. The third-order valence-electron chi connectivity index (χ3n) is 12.7. The fraction of sp³-hybridized carbons (Fsp3) is 0.810. The number of phenolic OH excluding ortho intramolecular Hbond substituents is 1. The minimum absolute atomic E-state index is 0.00641. The molecule has 1 aromatic carbocycles. The largest absolute Gasteiger partial charge is 0.507 e. The first-order valence-electron chi connectivity index (χ1n) is 18.8. The van der Waals surface area contributed by atoms with Crippen molar-refractivity contribution >= 4 is 11.9 Å². The Morgan fingerprint density at radius 3 is 1.57 bits per heavy atom. The van der Waals surface area contributed by atoms with Crippen LogP contribution in [-0.2, 0) is 36.3 Å². The SMILES string of the molecule is CCCCC(Cc1cc(C(C)(C)C)cc(C(C)(C)C)c1O)(C(=O)OC1CCC(C)(C)N(C)C1(C)C)C(=O)OC1CCC(C)(C)N(C)C1(C)C. The molecule has 2 aliphatic heterocycles. The first-order chi connectivity index (χ1) is 22.1. The van der Waals surface area contributed by atoms with E-state index in [1.54, 1.807) is 0 Å². The Balaban J connectivity index is 2.24. The predicted molar refractivity (Wildman–Crippen MR) is 201 cm³/mol. The average molecular weight is 685 g/mol. The van der Waals surface area contributed by atoms with Gasteiger partial charge in [0, 0.05) is 17.5 Å². The molecule has 2 fully saturated rings. The molecule has 7 heteroatoms. The molecule has 7 nitrogen and oxygen atoms in total. The third kappa shape index (κ3) is 8.19. The zero-order chi connectivity index (χ0) is 37.8. The highest BCUT2D eigenvalue weighted by atomic mass is 16.6. The highest BCUT2D eigenvalue weighted by Crippen LogP contribution is 2.46. The lowest BCUT2D eigenvalue weighted by Gasteiger charge is -2.55. The summed E-state index contributed by atoms with van der Waals surface area (Å²) in [7, 11) is 4.18. The number of nitrogens with zero attached hydrogens (tertiary/aromatic N) is 2. The van der Waals surface area contributed by atoms with E-state index in [4.69, 9.17) is 9.47 Å². The molecule has 2 unspecified atom stereocenters. The zero-order valence-electron chi connectivity index (χ0n) is 34.4. The molecule has 2 heterocycles. The smallest absolute Gasteiger partial charge is 0.324 e. The van der Waals surface area contributed by atoms with Crippen LogP contribution in [0.4, 0.5) is 0 Å². The molecule has 0 aliphatic carbocycles. The number of benzene rings is 1. The Morgan fingerprint density at radius 2 is 1.20 bits per heavy atom. The van der Waals surface area contributed by atoms with Crippen LogP contribution in [0.1, 0.15) is 165 Å². The highest BCUT2D eigenvalue weighted by Gasteiger charge is 2.55. The summed E-state index contributed by atoms with van der Waals surface area (Å²) >= 11 is 0. The molecule has 0 saturated carbocycles. The number of ether oxygens (including phenoxy) is 2. The van der Waals surface area contributed by atoms with Crippen LogP contribution in [0.5, 0.6) is 5.75 Å². The second-order valence-electron chi connectivity index (χ2n) is 19.8. The topological polar surface area (TPSA) is 79.3 Å². The van der Waals surface area contributed by atoms with E-state index < -0.39 is 40.6 Å². The molecule has 3 rings (SSSR count). The monoisotopic (exact) mass is 685 g/mol. The summed E-state index contributed by atoms with van der Waals surface area (Å²) in [6.45, 7) is 32.1. The van der Waals surface area contributed by atoms with E-state index in [0.717, 1.165) is 30.4 Å². The quantitative estimate of drug-likeness (QED) is 0.205. The molecule has 280 valence electrons. The maximum atomic E-state index is 15.1. The average Bonchev–Trinajstić information content (AvgIpc) is 2.96. The lowest BCUT2D eigenvalue weighted by atomic mass is 9.73. The molecule has 2 atom stereocenters. The van der Waals surface area contributed by atoms with Crippen LogP contribution in [0.2, 0.25) is 0 Å². The van der Waals surface area contributed by atoms with Gasteiger partial charge in [-0.1, -0.05) is 73.4 Å². The molecule has 0 radical (unpaired) electrons. The zero-order valence-corrected chi connectivity index (χ0v) is 34.4. The van der Waals surface area contributed by atoms with E-state index >= 15 is 9.59 Å². The van der Waals surface area contributed by atoms with Gasteiger partial charge in [0.2, 0.25) is 0 Å². The van der Waals surface area contributed by atoms with Crippen molar-refractivity contribution in [2.24, 2.45) is 5.41 Å². The van der Waals surface area contributed by atoms with Gasteiger partial charge in [-0.3, -0.25) is 19.4 Å². The number of likely N-dealkylation sites (N-methyl/N-ethyl adjacent to an activating group) is 2. The summed E-state index contributed by atoms with van der Waals surface area (Å²) in [6, 6.07) is 4.07. The predicted octanol–water partition coefficient (Wildman–Crippen LogP) is 9.10. The van der Waals surface area contributed by atoms with Crippen LogP contribution >= 0.6 is 0 Å². The molecule has 49 heavy (non-hydrogen) atoms. The van der Waals surface area contributed by atoms with Crippen LogP contribution in [0.3, 0.4) is 0 Å². The molecule has 0 spiro atoms. The number of rotatable bonds is 9. The van der Waals surface area contributed by atoms with Crippen molar-refractivity contribution in [2.75, 3.05) is 14.1 Å². The van der Waals surface area contributed by atoms with E-state index in [1.165, 1.54) is 0 Å². The first-order valence-corrected chi connectivity index (χ1v) is 18.8. The minimum atomic E-state index is -1.64. The molecule has 2 saturated heterocycles. The molecule has 1 aromatic rings. The number of piperidine rings is 2. The van der Waals surface area contributed by atoms with Gasteiger partial charge in [-0.25, -0.2) is 0 Å². The van der Waals surface area contributed by atoms with Crippen molar-refractivity contribution in [1.29, 1.82) is 0 Å². The van der Waals surface area contributed by atoms with E-state index in [-0.39, 0.29) is 40.5 Å². The van der Waals surface area contributed by atoms with Gasteiger partial charge < -0.3 is 14.6 Å². The number of unbranched alkanes of at least 4 members (excludes halogenated alkanes) is 1. The van der Waals surface area contributed by atoms with Gasteiger partial charge in [0.1, 0.15) is 18.0 Å². The summed E-state index contributed by atoms with van der Waals surface area (Å²) in [5, 5.41) is 11.9. The van der Waals surface area contributed by atoms with Crippen LogP contribution in [0, 0.1) is 5.41 Å². The third-order valence-corrected chi connectivity index (χ3v) is 12.7. The van der Waals surface area contributed by atoms with Gasteiger partial charge in [0.05, 0.1) is 11.1 Å². The molecular formula is C42H72N2O5. The molecule has 0 bridgehead atoms. The molecule has 1 N–H and O–H groups in total. The van der Waals surface area contributed by atoms with Crippen LogP contribution in [-0.4, -0.2) is 75.3 Å². The molecule has 0 aromatic heterocycles. The van der Waals surface area contributed by atoms with Gasteiger partial charge in [-0.2, -0.15) is 0 Å². The van der Waals surface area contributed by atoms with Crippen molar-refractivity contribution in [3.8, 4) is 5.75 Å².